The van der Waals surface area contributed by atoms with Crippen LogP contribution in [0.5, 0.6) is 0 Å². The number of benzene rings is 3. The molecule has 8 nitrogen and oxygen atoms in total. The minimum Gasteiger partial charge on any atom is -0.378 e. The number of aromatic nitrogens is 2. The van der Waals surface area contributed by atoms with Crippen LogP contribution in [0.15, 0.2) is 93.9 Å². The van der Waals surface area contributed by atoms with E-state index < -0.39 is 0 Å². The van der Waals surface area contributed by atoms with Gasteiger partial charge in [0.25, 0.3) is 11.5 Å². The second-order valence-electron chi connectivity index (χ2n) is 8.16. The molecular weight excluding hydrogens is 474 g/mol. The zero-order valence-electron chi connectivity index (χ0n) is 19.5. The number of carbonyl (C=O) groups is 1. The number of hydrazone groups is 1. The molecule has 36 heavy (non-hydrogen) atoms. The molecule has 1 aromatic heterocycles. The molecule has 0 aliphatic carbocycles. The molecule has 3 aromatic carbocycles. The average molecular weight is 500 g/mol. The first kappa shape index (κ1) is 23.8. The Morgan fingerprint density at radius 3 is 2.47 bits per heavy atom. The van der Waals surface area contributed by atoms with E-state index in [1.165, 1.54) is 11.8 Å². The number of hydrogen-bond donors (Lipinski definition) is 1. The van der Waals surface area contributed by atoms with Crippen LogP contribution in [0.4, 0.5) is 5.69 Å². The number of rotatable bonds is 7. The van der Waals surface area contributed by atoms with Gasteiger partial charge in [-0.15, -0.1) is 0 Å². The summed E-state index contributed by atoms with van der Waals surface area (Å²) in [5.74, 6) is -0.228. The summed E-state index contributed by atoms with van der Waals surface area (Å²) in [7, 11) is 0. The third-order valence-electron chi connectivity index (χ3n) is 5.76. The molecule has 182 valence electrons. The van der Waals surface area contributed by atoms with Crippen LogP contribution in [0, 0.1) is 0 Å². The van der Waals surface area contributed by atoms with Gasteiger partial charge in [-0.1, -0.05) is 54.2 Å². The molecule has 0 unspecified atom stereocenters. The van der Waals surface area contributed by atoms with Crippen LogP contribution >= 0.6 is 11.8 Å². The standard InChI is InChI=1S/C27H25N5O3S/c33-25(30-28-18-20-10-12-21(13-11-20)31-14-16-35-17-15-31)19-36-27-29-24-9-5-4-8-23(24)26(34)32(27)22-6-2-1-3-7-22/h1-13,18H,14-17,19H2,(H,30,33)/b28-18+. The van der Waals surface area contributed by atoms with Crippen molar-refractivity contribution in [3.05, 3.63) is 94.8 Å². The molecule has 5 rings (SSSR count). The highest BCUT2D eigenvalue weighted by molar-refractivity contribution is 7.99. The first-order chi connectivity index (χ1) is 17.7. The molecule has 1 saturated heterocycles. The van der Waals surface area contributed by atoms with Crippen LogP contribution in [-0.4, -0.2) is 53.7 Å². The van der Waals surface area contributed by atoms with Crippen molar-refractivity contribution in [1.29, 1.82) is 0 Å². The van der Waals surface area contributed by atoms with Crippen molar-refractivity contribution >= 4 is 40.5 Å². The van der Waals surface area contributed by atoms with E-state index in [9.17, 15) is 9.59 Å². The van der Waals surface area contributed by atoms with Crippen LogP contribution in [0.25, 0.3) is 16.6 Å². The molecule has 2 heterocycles. The number of para-hydroxylation sites is 2. The lowest BCUT2D eigenvalue weighted by molar-refractivity contribution is -0.118. The van der Waals surface area contributed by atoms with Gasteiger partial charge in [0.2, 0.25) is 0 Å². The lowest BCUT2D eigenvalue weighted by atomic mass is 10.2. The van der Waals surface area contributed by atoms with Gasteiger partial charge < -0.3 is 9.64 Å². The van der Waals surface area contributed by atoms with Gasteiger partial charge in [-0.3, -0.25) is 14.2 Å². The van der Waals surface area contributed by atoms with Crippen molar-refractivity contribution in [2.24, 2.45) is 5.10 Å². The van der Waals surface area contributed by atoms with Crippen LogP contribution in [-0.2, 0) is 9.53 Å². The number of morpholine rings is 1. The van der Waals surface area contributed by atoms with Crippen LogP contribution in [0.1, 0.15) is 5.56 Å². The Hall–Kier alpha value is -3.95. The molecule has 4 aromatic rings. The second-order valence-corrected chi connectivity index (χ2v) is 9.10. The Morgan fingerprint density at radius 1 is 0.972 bits per heavy atom. The number of hydrogen-bond acceptors (Lipinski definition) is 7. The molecule has 9 heteroatoms. The highest BCUT2D eigenvalue weighted by Crippen LogP contribution is 2.21. The van der Waals surface area contributed by atoms with Crippen LogP contribution in [0.3, 0.4) is 0 Å². The first-order valence-electron chi connectivity index (χ1n) is 11.6. The predicted octanol–water partition coefficient (Wildman–Crippen LogP) is 3.46. The highest BCUT2D eigenvalue weighted by atomic mass is 32.2. The van der Waals surface area contributed by atoms with Crippen LogP contribution < -0.4 is 15.9 Å². The summed E-state index contributed by atoms with van der Waals surface area (Å²) in [5, 5.41) is 5.06. The van der Waals surface area contributed by atoms with Crippen molar-refractivity contribution < 1.29 is 9.53 Å². The number of nitrogens with zero attached hydrogens (tertiary/aromatic N) is 4. The second kappa shape index (κ2) is 11.2. The maximum atomic E-state index is 13.2. The summed E-state index contributed by atoms with van der Waals surface area (Å²) in [6, 6.07) is 24.5. The lowest BCUT2D eigenvalue weighted by Gasteiger charge is -2.28. The molecule has 0 atom stereocenters. The molecule has 1 N–H and O–H groups in total. The molecule has 1 aliphatic rings. The van der Waals surface area contributed by atoms with Gasteiger partial charge in [-0.2, -0.15) is 5.10 Å². The first-order valence-corrected chi connectivity index (χ1v) is 12.6. The fraction of sp³-hybridized carbons (Fsp3) is 0.185. The van der Waals surface area contributed by atoms with Gasteiger partial charge in [0.05, 0.1) is 41.8 Å². The van der Waals surface area contributed by atoms with Gasteiger partial charge in [0, 0.05) is 18.8 Å². The number of thioether (sulfide) groups is 1. The zero-order chi connectivity index (χ0) is 24.7. The number of anilines is 1. The molecule has 1 amide bonds. The summed E-state index contributed by atoms with van der Waals surface area (Å²) in [4.78, 5) is 32.6. The van der Waals surface area contributed by atoms with E-state index in [1.807, 2.05) is 66.7 Å². The van der Waals surface area contributed by atoms with Crippen molar-refractivity contribution in [3.63, 3.8) is 0 Å². The zero-order valence-corrected chi connectivity index (χ0v) is 20.4. The summed E-state index contributed by atoms with van der Waals surface area (Å²) in [5.41, 5.74) is 5.70. The smallest absolute Gasteiger partial charge is 0.266 e. The topological polar surface area (TPSA) is 88.8 Å². The third kappa shape index (κ3) is 5.48. The van der Waals surface area contributed by atoms with Gasteiger partial charge >= 0.3 is 0 Å². The summed E-state index contributed by atoms with van der Waals surface area (Å²) in [6.45, 7) is 3.24. The Balaban J connectivity index is 1.25. The predicted molar refractivity (Wildman–Crippen MR) is 143 cm³/mol. The summed E-state index contributed by atoms with van der Waals surface area (Å²) in [6.07, 6.45) is 1.61. The van der Waals surface area contributed by atoms with Crippen LogP contribution in [0.2, 0.25) is 0 Å². The Kier molecular flexibility index (Phi) is 7.39. The van der Waals surface area contributed by atoms with Gasteiger partial charge in [-0.05, 0) is 42.0 Å². The van der Waals surface area contributed by atoms with E-state index in [-0.39, 0.29) is 17.2 Å². The Morgan fingerprint density at radius 2 is 1.69 bits per heavy atom. The van der Waals surface area contributed by atoms with E-state index in [1.54, 1.807) is 22.9 Å². The van der Waals surface area contributed by atoms with Gasteiger partial charge in [0.1, 0.15) is 0 Å². The fourth-order valence-corrected chi connectivity index (χ4v) is 4.75. The normalized spacial score (nSPS) is 13.8. The quantitative estimate of drug-likeness (QED) is 0.181. The molecule has 1 aliphatic heterocycles. The maximum Gasteiger partial charge on any atom is 0.266 e. The number of ether oxygens (including phenoxy) is 1. The minimum atomic E-state index is -0.289. The molecule has 1 fully saturated rings. The molecule has 0 spiro atoms. The monoisotopic (exact) mass is 499 g/mol. The number of carbonyl (C=O) groups excluding carboxylic acids is 1. The third-order valence-corrected chi connectivity index (χ3v) is 6.70. The molecular formula is C27H25N5O3S. The summed E-state index contributed by atoms with van der Waals surface area (Å²) >= 11 is 1.19. The van der Waals surface area contributed by atoms with Crippen molar-refractivity contribution in [2.45, 2.75) is 5.16 Å². The highest BCUT2D eigenvalue weighted by Gasteiger charge is 2.14. The van der Waals surface area contributed by atoms with Gasteiger partial charge in [-0.25, -0.2) is 10.4 Å². The average Bonchev–Trinajstić information content (AvgIpc) is 2.93. The molecule has 0 bridgehead atoms. The van der Waals surface area contributed by atoms with Crippen molar-refractivity contribution in [2.75, 3.05) is 37.0 Å². The number of nitrogens with one attached hydrogen (secondary N) is 1. The largest absolute Gasteiger partial charge is 0.378 e. The maximum absolute atomic E-state index is 13.2. The van der Waals surface area contributed by atoms with E-state index in [2.05, 4.69) is 20.4 Å². The van der Waals surface area contributed by atoms with E-state index in [0.29, 0.717) is 21.7 Å². The fourth-order valence-electron chi connectivity index (χ4n) is 3.95. The molecule has 0 radical (unpaired) electrons. The number of fused-ring (bicyclic) bond motifs is 1. The Bertz CT molecular complexity index is 1430. The van der Waals surface area contributed by atoms with E-state index >= 15 is 0 Å². The summed E-state index contributed by atoms with van der Waals surface area (Å²) < 4.78 is 6.94. The van der Waals surface area contributed by atoms with E-state index in [4.69, 9.17) is 4.74 Å². The molecule has 0 saturated carbocycles. The van der Waals surface area contributed by atoms with Crippen molar-refractivity contribution in [1.82, 2.24) is 15.0 Å². The number of amides is 1. The van der Waals surface area contributed by atoms with E-state index in [0.717, 1.165) is 37.6 Å². The Labute approximate surface area is 212 Å². The van der Waals surface area contributed by atoms with Crippen molar-refractivity contribution in [3.8, 4) is 5.69 Å². The SMILES string of the molecule is O=C(CSc1nc2ccccc2c(=O)n1-c1ccccc1)N/N=C/c1ccc(N2CCOCC2)cc1. The van der Waals surface area contributed by atoms with Gasteiger partial charge in [0.15, 0.2) is 5.16 Å². The lowest BCUT2D eigenvalue weighted by Crippen LogP contribution is -2.36. The minimum absolute atomic E-state index is 0.0604.